The Morgan fingerprint density at radius 2 is 1.46 bits per heavy atom. The number of aromatic nitrogens is 2. The molecule has 238 valence electrons. The Bertz CT molecular complexity index is 2170. The molecule has 7 heteroatoms. The Hall–Kier alpha value is -4.87. The quantitative estimate of drug-likeness (QED) is 0.128. The maximum absolute atomic E-state index is 7.34. The van der Waals surface area contributed by atoms with E-state index < -0.39 is 0 Å². The van der Waals surface area contributed by atoms with Gasteiger partial charge in [0.2, 0.25) is 0 Å². The first-order valence-electron chi connectivity index (χ1n) is 14.6. The van der Waals surface area contributed by atoms with E-state index in [2.05, 4.69) is 53.5 Å². The number of rotatable bonds is 5. The van der Waals surface area contributed by atoms with Gasteiger partial charge in [0.15, 0.2) is 0 Å². The van der Waals surface area contributed by atoms with E-state index in [-0.39, 0.29) is 42.1 Å². The molecule has 0 unspecified atom stereocenters. The Balaban J connectivity index is 0.000000223. The average molecular weight is 980 g/mol. The molecule has 8 rings (SSSR count). The third-order valence-corrected chi connectivity index (χ3v) is 7.36. The number of pyridine rings is 1. The summed E-state index contributed by atoms with van der Waals surface area (Å²) in [5.74, 6) is 1.17. The summed E-state index contributed by atoms with van der Waals surface area (Å²) >= 11 is 0. The second-order valence-corrected chi connectivity index (χ2v) is 10.4. The molecule has 0 amide bonds. The summed E-state index contributed by atoms with van der Waals surface area (Å²) in [6, 6.07) is 54.0. The van der Waals surface area contributed by atoms with E-state index in [0.717, 1.165) is 27.8 Å². The first-order chi connectivity index (χ1) is 22.7. The Morgan fingerprint density at radius 1 is 0.729 bits per heavy atom. The van der Waals surface area contributed by atoms with Crippen LogP contribution in [0.15, 0.2) is 128 Å². The van der Waals surface area contributed by atoms with E-state index >= 15 is 0 Å². The normalized spacial score (nSPS) is 11.7. The molecule has 0 radical (unpaired) electrons. The molecule has 0 atom stereocenters. The SMILES string of the molecule is CN1C=CN(c2[c-]c(Oc3[c-]c(-c4[c-]c(-c5[c-]cccc5)ccn4)[c-]cc3)ccc2)[CH-]1.[C-]#Cn1c2ccccc2c2ccccc21.[Pt+4].[Pt]. The molecule has 0 spiro atoms. The summed E-state index contributed by atoms with van der Waals surface area (Å²) in [6.07, 6.45) is 13.0. The van der Waals surface area contributed by atoms with Crippen LogP contribution >= 0.6 is 0 Å². The fourth-order valence-corrected chi connectivity index (χ4v) is 5.22. The molecule has 0 aliphatic carbocycles. The molecule has 48 heavy (non-hydrogen) atoms. The van der Waals surface area contributed by atoms with Gasteiger partial charge in [0.25, 0.3) is 0 Å². The van der Waals surface area contributed by atoms with Crippen LogP contribution in [0.2, 0.25) is 0 Å². The van der Waals surface area contributed by atoms with Crippen molar-refractivity contribution in [2.75, 3.05) is 11.9 Å². The van der Waals surface area contributed by atoms with Crippen LogP contribution in [0.25, 0.3) is 44.2 Å². The molecule has 0 N–H and O–H groups in total. The molecule has 3 heterocycles. The number of hydrogen-bond acceptors (Lipinski definition) is 4. The van der Waals surface area contributed by atoms with Crippen molar-refractivity contribution in [3.8, 4) is 39.9 Å². The van der Waals surface area contributed by atoms with Gasteiger partial charge >= 0.3 is 21.1 Å². The van der Waals surface area contributed by atoms with Gasteiger partial charge in [-0.1, -0.05) is 42.1 Å². The Labute approximate surface area is 310 Å². The van der Waals surface area contributed by atoms with E-state index in [1.807, 2.05) is 127 Å². The number of benzene rings is 5. The molecule has 0 fully saturated rings. The van der Waals surface area contributed by atoms with Gasteiger partial charge in [0, 0.05) is 37.6 Å². The topological polar surface area (TPSA) is 33.5 Å². The van der Waals surface area contributed by atoms with Crippen molar-refractivity contribution in [1.29, 1.82) is 0 Å². The van der Waals surface area contributed by atoms with Gasteiger partial charge in [0.05, 0.1) is 11.0 Å². The number of hydrogen-bond donors (Lipinski definition) is 0. The van der Waals surface area contributed by atoms with E-state index in [4.69, 9.17) is 11.2 Å². The minimum atomic E-state index is 0. The standard InChI is InChI=1S/C27H17N3O.C14H8N.2Pt/c1-29-15-16-30(20-29)24-10-6-12-26(19-24)31-25-11-5-9-23(17-25)27-18-22(13-14-28-27)21-7-3-2-4-8-21;1-2-15-13-9-5-3-7-11(13)12-8-4-6-10-14(12)15;;/h2-7,10-16,20H,1H3;3-10H;;/q-6;-1;;+4. The zero-order chi connectivity index (χ0) is 31.3. The fraction of sp³-hybridized carbons (Fsp3) is 0.0244. The smallest absolute Gasteiger partial charge is 0.669 e. The molecular weight excluding hydrogens is 955 g/mol. The van der Waals surface area contributed by atoms with Crippen LogP contribution in [0, 0.1) is 49.5 Å². The monoisotopic (exact) mass is 979 g/mol. The van der Waals surface area contributed by atoms with Gasteiger partial charge in [-0.25, -0.2) is 23.2 Å². The molecule has 2 aromatic heterocycles. The number of ether oxygens (including phenoxy) is 1. The fourth-order valence-electron chi connectivity index (χ4n) is 5.22. The van der Waals surface area contributed by atoms with Crippen LogP contribution in [0.5, 0.6) is 11.5 Å². The third-order valence-electron chi connectivity index (χ3n) is 7.36. The molecule has 0 bridgehead atoms. The van der Waals surface area contributed by atoms with E-state index in [1.165, 1.54) is 10.8 Å². The van der Waals surface area contributed by atoms with Gasteiger partial charge in [-0.3, -0.25) is 12.1 Å². The van der Waals surface area contributed by atoms with Gasteiger partial charge in [-0.05, 0) is 37.8 Å². The van der Waals surface area contributed by atoms with Crippen molar-refractivity contribution in [3.63, 3.8) is 0 Å². The van der Waals surface area contributed by atoms with Crippen molar-refractivity contribution < 1.29 is 46.9 Å². The second kappa shape index (κ2) is 15.8. The number of fused-ring (bicyclic) bond motifs is 3. The van der Waals surface area contributed by atoms with Crippen molar-refractivity contribution in [3.05, 3.63) is 171 Å². The molecule has 5 nitrogen and oxygen atoms in total. The van der Waals surface area contributed by atoms with Crippen LogP contribution in [-0.2, 0) is 42.1 Å². The Kier molecular flexibility index (Phi) is 11.4. The summed E-state index contributed by atoms with van der Waals surface area (Å²) in [5.41, 5.74) is 6.18. The van der Waals surface area contributed by atoms with Gasteiger partial charge in [-0.2, -0.15) is 54.8 Å². The average Bonchev–Trinajstić information content (AvgIpc) is 3.70. The predicted molar refractivity (Wildman–Crippen MR) is 181 cm³/mol. The summed E-state index contributed by atoms with van der Waals surface area (Å²) in [5, 5.41) is 2.35. The van der Waals surface area contributed by atoms with E-state index in [9.17, 15) is 0 Å². The zero-order valence-electron chi connectivity index (χ0n) is 25.5. The minimum absolute atomic E-state index is 0. The zero-order valence-corrected chi connectivity index (χ0v) is 30.1. The maximum Gasteiger partial charge on any atom is 4.00 e. The molecule has 0 saturated carbocycles. The van der Waals surface area contributed by atoms with Crippen LogP contribution < -0.4 is 9.64 Å². The molecule has 0 saturated heterocycles. The molecule has 5 aromatic carbocycles. The molecular formula is C41H25N4OPt2-3. The predicted octanol–water partition coefficient (Wildman–Crippen LogP) is 8.74. The molecule has 7 aromatic rings. The number of nitrogens with zero attached hydrogens (tertiary/aromatic N) is 4. The minimum Gasteiger partial charge on any atom is -0.669 e. The number of para-hydroxylation sites is 2. The first kappa shape index (κ1) is 34.5. The van der Waals surface area contributed by atoms with Crippen molar-refractivity contribution in [1.82, 2.24) is 14.5 Å². The van der Waals surface area contributed by atoms with Gasteiger partial charge < -0.3 is 42.1 Å². The van der Waals surface area contributed by atoms with Crippen molar-refractivity contribution in [2.24, 2.45) is 0 Å². The van der Waals surface area contributed by atoms with Crippen LogP contribution in [-0.4, -0.2) is 21.5 Å². The summed E-state index contributed by atoms with van der Waals surface area (Å²) in [7, 11) is 1.98. The Morgan fingerprint density at radius 3 is 2.15 bits per heavy atom. The van der Waals surface area contributed by atoms with Crippen LogP contribution in [0.3, 0.4) is 0 Å². The first-order valence-corrected chi connectivity index (χ1v) is 14.6. The van der Waals surface area contributed by atoms with E-state index in [0.29, 0.717) is 22.8 Å². The van der Waals surface area contributed by atoms with E-state index in [1.54, 1.807) is 16.8 Å². The number of anilines is 1. The maximum atomic E-state index is 7.34. The van der Waals surface area contributed by atoms with Crippen LogP contribution in [0.1, 0.15) is 0 Å². The third kappa shape index (κ3) is 7.47. The molecule has 1 aliphatic heterocycles. The van der Waals surface area contributed by atoms with Crippen molar-refractivity contribution in [2.45, 2.75) is 0 Å². The summed E-state index contributed by atoms with van der Waals surface area (Å²) < 4.78 is 7.81. The largest absolute Gasteiger partial charge is 4.00 e. The summed E-state index contributed by atoms with van der Waals surface area (Å²) in [4.78, 5) is 8.39. The summed E-state index contributed by atoms with van der Waals surface area (Å²) in [6.45, 7) is 1.97. The van der Waals surface area contributed by atoms with Gasteiger partial charge in [0.1, 0.15) is 0 Å². The second-order valence-electron chi connectivity index (χ2n) is 10.4. The van der Waals surface area contributed by atoms with Gasteiger partial charge in [-0.15, -0.1) is 30.0 Å². The van der Waals surface area contributed by atoms with Crippen LogP contribution in [0.4, 0.5) is 5.69 Å². The van der Waals surface area contributed by atoms with Crippen molar-refractivity contribution >= 4 is 27.5 Å². The molecule has 1 aliphatic rings.